The number of ketones is 3. The molecular formula is C37H66N10O8. The van der Waals surface area contributed by atoms with E-state index in [1.54, 1.807) is 13.8 Å². The number of nitrogens with one attached hydrogen (secondary N) is 4. The second-order valence-corrected chi connectivity index (χ2v) is 14.9. The van der Waals surface area contributed by atoms with Gasteiger partial charge in [0.15, 0.2) is 23.3 Å². The maximum Gasteiger partial charge on any atom is 0.243 e. The molecule has 1 aliphatic heterocycles. The Morgan fingerprint density at radius 3 is 2.09 bits per heavy atom. The lowest BCUT2D eigenvalue weighted by atomic mass is 9.90. The fraction of sp³-hybridized carbons (Fsp3) is 0.757. The Kier molecular flexibility index (Phi) is 22.6. The van der Waals surface area contributed by atoms with E-state index >= 15 is 0 Å². The van der Waals surface area contributed by atoms with E-state index in [4.69, 9.17) is 22.9 Å². The van der Waals surface area contributed by atoms with Crippen LogP contribution < -0.4 is 44.2 Å². The number of nitrogens with two attached hydrogens (primary N) is 4. The number of amides is 5. The van der Waals surface area contributed by atoms with Gasteiger partial charge in [-0.05, 0) is 76.7 Å². The third kappa shape index (κ3) is 18.6. The maximum atomic E-state index is 13.6. The lowest BCUT2D eigenvalue weighted by Gasteiger charge is -2.27. The summed E-state index contributed by atoms with van der Waals surface area (Å²) in [6.07, 6.45) is 3.02. The van der Waals surface area contributed by atoms with Crippen molar-refractivity contribution in [1.82, 2.24) is 26.2 Å². The first-order chi connectivity index (χ1) is 25.9. The molecule has 312 valence electrons. The second-order valence-electron chi connectivity index (χ2n) is 14.9. The summed E-state index contributed by atoms with van der Waals surface area (Å²) >= 11 is 0. The van der Waals surface area contributed by atoms with Crippen molar-refractivity contribution >= 4 is 52.8 Å². The summed E-state index contributed by atoms with van der Waals surface area (Å²) in [4.78, 5) is 109. The summed E-state index contributed by atoms with van der Waals surface area (Å²) < 4.78 is 0. The number of nitrogens with zero attached hydrogens (tertiary/aromatic N) is 2. The van der Waals surface area contributed by atoms with Gasteiger partial charge in [-0.25, -0.2) is 0 Å². The highest BCUT2D eigenvalue weighted by Crippen LogP contribution is 2.20. The van der Waals surface area contributed by atoms with Crippen LogP contribution in [0.25, 0.3) is 0 Å². The third-order valence-electron chi connectivity index (χ3n) is 9.41. The Morgan fingerprint density at radius 1 is 0.818 bits per heavy atom. The molecule has 5 atom stereocenters. The first-order valence-corrected chi connectivity index (χ1v) is 19.4. The van der Waals surface area contributed by atoms with Crippen molar-refractivity contribution in [3.63, 3.8) is 0 Å². The summed E-state index contributed by atoms with van der Waals surface area (Å²) in [5.41, 5.74) is 21.9. The van der Waals surface area contributed by atoms with E-state index in [1.807, 2.05) is 13.8 Å². The molecule has 12 N–H and O–H groups in total. The normalized spacial score (nSPS) is 16.1. The lowest BCUT2D eigenvalue weighted by molar-refractivity contribution is -0.138. The molecule has 1 fully saturated rings. The number of hydrogen-bond donors (Lipinski definition) is 8. The van der Waals surface area contributed by atoms with E-state index < -0.39 is 66.0 Å². The van der Waals surface area contributed by atoms with Crippen LogP contribution in [0.15, 0.2) is 4.99 Å². The molecule has 1 rings (SSSR count). The number of carbonyl (C=O) groups excluding carboxylic acids is 8. The van der Waals surface area contributed by atoms with Gasteiger partial charge < -0.3 is 49.1 Å². The molecule has 1 heterocycles. The van der Waals surface area contributed by atoms with Crippen LogP contribution >= 0.6 is 0 Å². The van der Waals surface area contributed by atoms with Crippen LogP contribution in [0.2, 0.25) is 0 Å². The van der Waals surface area contributed by atoms with Gasteiger partial charge in [-0.1, -0.05) is 27.7 Å². The van der Waals surface area contributed by atoms with Gasteiger partial charge in [0.1, 0.15) is 6.04 Å². The van der Waals surface area contributed by atoms with Crippen LogP contribution in [0.5, 0.6) is 0 Å². The van der Waals surface area contributed by atoms with Crippen LogP contribution in [0.1, 0.15) is 105 Å². The minimum Gasteiger partial charge on any atom is -0.370 e. The van der Waals surface area contributed by atoms with Gasteiger partial charge in [0.2, 0.25) is 29.5 Å². The average Bonchev–Trinajstić information content (AvgIpc) is 3.62. The maximum absolute atomic E-state index is 13.6. The van der Waals surface area contributed by atoms with Gasteiger partial charge in [-0.3, -0.25) is 43.3 Å². The van der Waals surface area contributed by atoms with Crippen molar-refractivity contribution in [2.75, 3.05) is 32.7 Å². The zero-order chi connectivity index (χ0) is 41.7. The van der Waals surface area contributed by atoms with Gasteiger partial charge in [-0.2, -0.15) is 0 Å². The fourth-order valence-electron chi connectivity index (χ4n) is 6.41. The van der Waals surface area contributed by atoms with Crippen LogP contribution in [0, 0.1) is 17.8 Å². The Labute approximate surface area is 324 Å². The summed E-state index contributed by atoms with van der Waals surface area (Å²) in [5, 5.41) is 10.7. The molecule has 0 aromatic carbocycles. The van der Waals surface area contributed by atoms with Gasteiger partial charge in [0, 0.05) is 38.3 Å². The molecule has 0 aliphatic carbocycles. The van der Waals surface area contributed by atoms with Crippen molar-refractivity contribution in [3.8, 4) is 0 Å². The zero-order valence-corrected chi connectivity index (χ0v) is 33.3. The van der Waals surface area contributed by atoms with E-state index in [2.05, 4.69) is 26.3 Å². The molecule has 0 aromatic rings. The highest BCUT2D eigenvalue weighted by atomic mass is 16.3. The molecule has 0 spiro atoms. The van der Waals surface area contributed by atoms with Gasteiger partial charge >= 0.3 is 0 Å². The topological polar surface area (TPSA) is 304 Å². The lowest BCUT2D eigenvalue weighted by Crippen LogP contribution is -2.52. The van der Waals surface area contributed by atoms with Crippen molar-refractivity contribution in [2.24, 2.45) is 45.7 Å². The Hall–Kier alpha value is -4.45. The summed E-state index contributed by atoms with van der Waals surface area (Å²) in [6, 6.07) is -3.29. The highest BCUT2D eigenvalue weighted by Gasteiger charge is 2.36. The van der Waals surface area contributed by atoms with Gasteiger partial charge in [0.05, 0.1) is 31.2 Å². The molecule has 18 heteroatoms. The number of aliphatic imine (C=N–C) groups is 1. The number of rotatable bonds is 27. The molecule has 0 saturated carbocycles. The van der Waals surface area contributed by atoms with Crippen LogP contribution in [-0.2, 0) is 38.4 Å². The molecule has 1 saturated heterocycles. The van der Waals surface area contributed by atoms with E-state index in [9.17, 15) is 38.4 Å². The molecule has 5 unspecified atom stereocenters. The largest absolute Gasteiger partial charge is 0.370 e. The number of guanidine groups is 1. The molecule has 0 radical (unpaired) electrons. The van der Waals surface area contributed by atoms with E-state index in [0.717, 1.165) is 0 Å². The molecule has 0 aromatic heterocycles. The van der Waals surface area contributed by atoms with Crippen molar-refractivity contribution < 1.29 is 38.4 Å². The van der Waals surface area contributed by atoms with Crippen molar-refractivity contribution in [2.45, 2.75) is 129 Å². The number of unbranched alkanes of at least 4 members (excludes halogenated alkanes) is 1. The first-order valence-electron chi connectivity index (χ1n) is 19.4. The number of likely N-dealkylation sites (tertiary alicyclic amines) is 1. The van der Waals surface area contributed by atoms with Crippen LogP contribution in [0.4, 0.5) is 0 Å². The summed E-state index contributed by atoms with van der Waals surface area (Å²) in [5.74, 6) is -4.81. The minimum absolute atomic E-state index is 0.0410. The zero-order valence-electron chi connectivity index (χ0n) is 33.3. The predicted molar refractivity (Wildman–Crippen MR) is 208 cm³/mol. The molecular weight excluding hydrogens is 715 g/mol. The molecule has 1 aliphatic rings. The Bertz CT molecular complexity index is 1350. The number of hydrogen-bond acceptors (Lipinski definition) is 11. The smallest absolute Gasteiger partial charge is 0.243 e. The summed E-state index contributed by atoms with van der Waals surface area (Å²) in [6.45, 7) is 9.07. The monoisotopic (exact) mass is 782 g/mol. The molecule has 55 heavy (non-hydrogen) atoms. The van der Waals surface area contributed by atoms with Gasteiger partial charge in [-0.15, -0.1) is 0 Å². The Morgan fingerprint density at radius 2 is 1.51 bits per heavy atom. The highest BCUT2D eigenvalue weighted by molar-refractivity contribution is 5.96. The first kappa shape index (κ1) is 48.6. The van der Waals surface area contributed by atoms with Crippen molar-refractivity contribution in [3.05, 3.63) is 0 Å². The predicted octanol–water partition coefficient (Wildman–Crippen LogP) is -1.09. The summed E-state index contributed by atoms with van der Waals surface area (Å²) in [7, 11) is 0. The standard InChI is InChI=1S/C37H66N10O8/c1-22(2)18-27(45-36(55)28-12-9-17-47(28)33(53)20-39)29(49)13-14-31(51)46-34(23(3)4)30(50)19-25(10-8-16-42-37(40)41)35(54)43-21-32(52)44-26(24(5)48)11-6-7-15-38/h22-23,25-28,34H,6-21,38-39H2,1-5H3,(H,43,54)(H,44,52)(H,45,55)(H,46,51)(H4,40,41,42)/i14+1,31+1,46+1. The fourth-order valence-corrected chi connectivity index (χ4v) is 6.41. The number of carbonyl (C=O) groups is 8. The second kappa shape index (κ2) is 25.6. The SMILES string of the molecule is CC(=O)C(CCCCN)NC(=O)CNC(=O)C(CCCN=C(N)N)CC(=O)C([15NH][13C](=O)[13CH2]CC(=O)C(CC(C)C)NC(=O)C1CCCN1C(=O)CN)C(C)C. The average molecular weight is 782 g/mol. The third-order valence-corrected chi connectivity index (χ3v) is 9.41. The Balaban J connectivity index is 2.94. The van der Waals surface area contributed by atoms with E-state index in [-0.39, 0.29) is 74.0 Å². The van der Waals surface area contributed by atoms with Crippen LogP contribution in [0.3, 0.4) is 0 Å². The molecule has 5 amide bonds. The minimum atomic E-state index is -0.983. The van der Waals surface area contributed by atoms with Crippen LogP contribution in [-0.4, -0.2) is 115 Å². The van der Waals surface area contributed by atoms with Crippen molar-refractivity contribution in [1.29, 1.82) is 0 Å². The quantitative estimate of drug-likeness (QED) is 0.0162. The molecule has 0 bridgehead atoms. The molecule has 18 nitrogen and oxygen atoms in total. The van der Waals surface area contributed by atoms with E-state index in [0.29, 0.717) is 58.0 Å². The number of Topliss-reactive ketones (excluding diaryl/α,β-unsaturated/α-hetero) is 3. The van der Waals surface area contributed by atoms with E-state index in [1.165, 1.54) is 11.8 Å². The van der Waals surface area contributed by atoms with Gasteiger partial charge in [0.25, 0.3) is 0 Å².